The Kier molecular flexibility index (Phi) is 2.32. The number of aromatic nitrogens is 1. The van der Waals surface area contributed by atoms with E-state index < -0.39 is 12.1 Å². The fraction of sp³-hybridized carbons (Fsp3) is 0.167. The minimum Gasteiger partial charge on any atom is -0.397 e. The van der Waals surface area contributed by atoms with E-state index in [1.54, 1.807) is 0 Å². The fourth-order valence-electron chi connectivity index (χ4n) is 0.736. The van der Waals surface area contributed by atoms with Crippen molar-refractivity contribution in [2.75, 3.05) is 11.5 Å². The highest BCUT2D eigenvalue weighted by Gasteiger charge is 2.16. The molecular formula is C6H6ClF2N3. The minimum absolute atomic E-state index is 0.0134. The van der Waals surface area contributed by atoms with Crippen LogP contribution in [0, 0.1) is 0 Å². The van der Waals surface area contributed by atoms with Gasteiger partial charge < -0.3 is 11.5 Å². The molecule has 0 unspecified atom stereocenters. The predicted molar refractivity (Wildman–Crippen MR) is 43.0 cm³/mol. The maximum absolute atomic E-state index is 12.1. The van der Waals surface area contributed by atoms with Crippen molar-refractivity contribution in [1.29, 1.82) is 0 Å². The molecule has 3 nitrogen and oxygen atoms in total. The van der Waals surface area contributed by atoms with Crippen molar-refractivity contribution in [3.8, 4) is 0 Å². The Labute approximate surface area is 72.3 Å². The Balaban J connectivity index is 3.28. The normalized spacial score (nSPS) is 10.7. The van der Waals surface area contributed by atoms with Gasteiger partial charge in [-0.15, -0.1) is 0 Å². The molecule has 0 aliphatic carbocycles. The highest BCUT2D eigenvalue weighted by atomic mass is 35.5. The molecule has 1 aromatic rings. The van der Waals surface area contributed by atoms with E-state index >= 15 is 0 Å². The lowest BCUT2D eigenvalue weighted by Crippen LogP contribution is -2.00. The quantitative estimate of drug-likeness (QED) is 0.715. The van der Waals surface area contributed by atoms with Crippen LogP contribution in [0.25, 0.3) is 0 Å². The lowest BCUT2D eigenvalue weighted by Gasteiger charge is -2.05. The molecule has 0 aliphatic heterocycles. The number of alkyl halides is 2. The molecule has 0 saturated carbocycles. The summed E-state index contributed by atoms with van der Waals surface area (Å²) in [5.41, 5.74) is 9.90. The van der Waals surface area contributed by atoms with E-state index in [0.717, 1.165) is 0 Å². The minimum atomic E-state index is -2.76. The molecule has 0 fully saturated rings. The van der Waals surface area contributed by atoms with Crippen LogP contribution in [0.1, 0.15) is 12.1 Å². The van der Waals surface area contributed by atoms with Crippen LogP contribution in [0.2, 0.25) is 5.02 Å². The first-order chi connectivity index (χ1) is 5.52. The van der Waals surface area contributed by atoms with Crippen LogP contribution in [0.4, 0.5) is 20.3 Å². The van der Waals surface area contributed by atoms with Gasteiger partial charge in [-0.05, 0) is 0 Å². The number of nitrogen functional groups attached to an aromatic ring is 2. The average Bonchev–Trinajstić information content (AvgIpc) is 1.96. The van der Waals surface area contributed by atoms with Crippen LogP contribution >= 0.6 is 11.6 Å². The first kappa shape index (κ1) is 8.99. The van der Waals surface area contributed by atoms with Crippen molar-refractivity contribution >= 4 is 23.1 Å². The first-order valence-electron chi connectivity index (χ1n) is 3.02. The van der Waals surface area contributed by atoms with Gasteiger partial charge in [0.1, 0.15) is 11.5 Å². The smallest absolute Gasteiger partial charge is 0.282 e. The molecule has 66 valence electrons. The number of hydrogen-bond acceptors (Lipinski definition) is 3. The van der Waals surface area contributed by atoms with E-state index in [-0.39, 0.29) is 16.5 Å². The van der Waals surface area contributed by atoms with E-state index in [2.05, 4.69) is 4.98 Å². The number of pyridine rings is 1. The third-order valence-corrected chi connectivity index (χ3v) is 1.65. The molecule has 0 saturated heterocycles. The Hall–Kier alpha value is -1.10. The number of nitrogens with two attached hydrogens (primary N) is 2. The topological polar surface area (TPSA) is 64.9 Å². The summed E-state index contributed by atoms with van der Waals surface area (Å²) in [5, 5.41) is -0.237. The van der Waals surface area contributed by atoms with Crippen molar-refractivity contribution in [1.82, 2.24) is 4.98 Å². The van der Waals surface area contributed by atoms with Crippen LogP contribution in [0.3, 0.4) is 0 Å². The molecule has 12 heavy (non-hydrogen) atoms. The maximum Gasteiger partial charge on any atom is 0.282 e. The third kappa shape index (κ3) is 1.55. The zero-order valence-corrected chi connectivity index (χ0v) is 6.65. The molecule has 0 amide bonds. The molecule has 0 aromatic carbocycles. The van der Waals surface area contributed by atoms with Crippen molar-refractivity contribution in [3.63, 3.8) is 0 Å². The number of rotatable bonds is 1. The molecular weight excluding hydrogens is 188 g/mol. The number of hydrogen-bond donors (Lipinski definition) is 2. The molecule has 6 heteroatoms. The summed E-state index contributed by atoms with van der Waals surface area (Å²) in [6.45, 7) is 0. The van der Waals surface area contributed by atoms with Gasteiger partial charge in [0.2, 0.25) is 0 Å². The molecule has 1 rings (SSSR count). The monoisotopic (exact) mass is 193 g/mol. The second-order valence-corrected chi connectivity index (χ2v) is 2.51. The Morgan fingerprint density at radius 1 is 1.42 bits per heavy atom. The molecule has 0 atom stereocenters. The Bertz CT molecular complexity index is 303. The van der Waals surface area contributed by atoms with Gasteiger partial charge in [-0.3, -0.25) is 0 Å². The van der Waals surface area contributed by atoms with Gasteiger partial charge in [0.15, 0.2) is 0 Å². The predicted octanol–water partition coefficient (Wildman–Crippen LogP) is 1.84. The van der Waals surface area contributed by atoms with Gasteiger partial charge in [0, 0.05) is 6.07 Å². The number of anilines is 2. The van der Waals surface area contributed by atoms with Gasteiger partial charge in [-0.1, -0.05) is 11.6 Å². The highest BCUT2D eigenvalue weighted by molar-refractivity contribution is 6.33. The van der Waals surface area contributed by atoms with Crippen LogP contribution < -0.4 is 11.5 Å². The molecule has 1 aromatic heterocycles. The molecule has 4 N–H and O–H groups in total. The summed E-state index contributed by atoms with van der Waals surface area (Å²) in [7, 11) is 0. The average molecular weight is 194 g/mol. The lowest BCUT2D eigenvalue weighted by molar-refractivity contribution is 0.146. The maximum atomic E-state index is 12.1. The van der Waals surface area contributed by atoms with Crippen LogP contribution in [-0.2, 0) is 0 Å². The third-order valence-electron chi connectivity index (χ3n) is 1.24. The van der Waals surface area contributed by atoms with Gasteiger partial charge >= 0.3 is 0 Å². The standard InChI is InChI=1S/C6H6ClF2N3/c7-4-2(10)1-3(11)12-5(4)6(8)9/h1,6H,(H4,10,11,12). The van der Waals surface area contributed by atoms with Gasteiger partial charge in [-0.2, -0.15) is 0 Å². The van der Waals surface area contributed by atoms with E-state index in [1.165, 1.54) is 6.07 Å². The second-order valence-electron chi connectivity index (χ2n) is 2.14. The summed E-state index contributed by atoms with van der Waals surface area (Å²) in [6, 6.07) is 1.23. The summed E-state index contributed by atoms with van der Waals surface area (Å²) in [6.07, 6.45) is -2.76. The largest absolute Gasteiger partial charge is 0.397 e. The van der Waals surface area contributed by atoms with E-state index in [1.807, 2.05) is 0 Å². The van der Waals surface area contributed by atoms with Crippen molar-refractivity contribution in [2.24, 2.45) is 0 Å². The zero-order chi connectivity index (χ0) is 9.30. The molecule has 0 spiro atoms. The summed E-state index contributed by atoms with van der Waals surface area (Å²) >= 11 is 5.44. The van der Waals surface area contributed by atoms with Crippen LogP contribution in [-0.4, -0.2) is 4.98 Å². The lowest BCUT2D eigenvalue weighted by atomic mass is 10.3. The molecule has 0 radical (unpaired) electrons. The highest BCUT2D eigenvalue weighted by Crippen LogP contribution is 2.30. The summed E-state index contributed by atoms with van der Waals surface area (Å²) < 4.78 is 24.3. The van der Waals surface area contributed by atoms with E-state index in [0.29, 0.717) is 0 Å². The van der Waals surface area contributed by atoms with Gasteiger partial charge in [0.05, 0.1) is 10.7 Å². The van der Waals surface area contributed by atoms with Gasteiger partial charge in [0.25, 0.3) is 6.43 Å². The van der Waals surface area contributed by atoms with Crippen molar-refractivity contribution < 1.29 is 8.78 Å². The van der Waals surface area contributed by atoms with Gasteiger partial charge in [-0.25, -0.2) is 13.8 Å². The Morgan fingerprint density at radius 3 is 2.50 bits per heavy atom. The van der Waals surface area contributed by atoms with E-state index in [4.69, 9.17) is 23.1 Å². The number of halogens is 3. The first-order valence-corrected chi connectivity index (χ1v) is 3.39. The molecule has 0 bridgehead atoms. The summed E-state index contributed by atoms with van der Waals surface area (Å²) in [5.74, 6) is -0.0628. The van der Waals surface area contributed by atoms with Crippen LogP contribution in [0.5, 0.6) is 0 Å². The zero-order valence-electron chi connectivity index (χ0n) is 5.89. The number of nitrogens with zero attached hydrogens (tertiary/aromatic N) is 1. The van der Waals surface area contributed by atoms with Crippen LogP contribution in [0.15, 0.2) is 6.07 Å². The second kappa shape index (κ2) is 3.10. The Morgan fingerprint density at radius 2 is 2.00 bits per heavy atom. The molecule has 0 aliphatic rings. The van der Waals surface area contributed by atoms with Crippen molar-refractivity contribution in [2.45, 2.75) is 6.43 Å². The van der Waals surface area contributed by atoms with E-state index in [9.17, 15) is 8.78 Å². The summed E-state index contributed by atoms with van der Waals surface area (Å²) in [4.78, 5) is 3.35. The molecule has 1 heterocycles. The van der Waals surface area contributed by atoms with Crippen molar-refractivity contribution in [3.05, 3.63) is 16.8 Å². The SMILES string of the molecule is Nc1cc(N)c(Cl)c(C(F)F)n1. The fourth-order valence-corrected chi connectivity index (χ4v) is 0.915.